The fraction of sp³-hybridized carbons (Fsp3) is 0.550. The lowest BCUT2D eigenvalue weighted by Gasteiger charge is -2.22. The second-order valence-electron chi connectivity index (χ2n) is 8.26. The Hall–Kier alpha value is -2.41. The third-order valence-corrected chi connectivity index (χ3v) is 4.28. The molecule has 1 aromatic rings. The first-order valence-electron chi connectivity index (χ1n) is 8.90. The molecule has 0 spiro atoms. The van der Waals surface area contributed by atoms with E-state index in [0.29, 0.717) is 12.0 Å². The normalized spacial score (nSPS) is 13.0. The lowest BCUT2D eigenvalue weighted by atomic mass is 9.91. The van der Waals surface area contributed by atoms with Crippen LogP contribution in [-0.2, 0) is 20.8 Å². The van der Waals surface area contributed by atoms with Crippen molar-refractivity contribution in [2.24, 2.45) is 22.3 Å². The zero-order valence-corrected chi connectivity index (χ0v) is 16.9. The molecular weight excluding hydrogens is 348 g/mol. The van der Waals surface area contributed by atoms with E-state index in [9.17, 15) is 14.4 Å². The molecule has 0 radical (unpaired) electrons. The second kappa shape index (κ2) is 8.52. The minimum absolute atomic E-state index is 0.101. The zero-order chi connectivity index (χ0) is 21.0. The smallest absolute Gasteiger partial charge is 0.317 e. The van der Waals surface area contributed by atoms with Crippen LogP contribution in [0.4, 0.5) is 0 Å². The molecule has 0 aliphatic heterocycles. The molecule has 0 saturated carbocycles. The Bertz CT molecular complexity index is 720. The van der Waals surface area contributed by atoms with Crippen molar-refractivity contribution < 1.29 is 23.9 Å². The molecule has 27 heavy (non-hydrogen) atoms. The van der Waals surface area contributed by atoms with Gasteiger partial charge < -0.3 is 20.9 Å². The Kier molecular flexibility index (Phi) is 7.14. The SMILES string of the molecule is CCC(C)(C)C(=O)Oc1ccc(CC(N)C(N)=O)cc1OC(=O)C(C)(C)C. The zero-order valence-electron chi connectivity index (χ0n) is 16.9. The maximum Gasteiger partial charge on any atom is 0.317 e. The van der Waals surface area contributed by atoms with Crippen LogP contribution >= 0.6 is 0 Å². The quantitative estimate of drug-likeness (QED) is 0.555. The highest BCUT2D eigenvalue weighted by Crippen LogP contribution is 2.33. The van der Waals surface area contributed by atoms with Gasteiger partial charge in [0.15, 0.2) is 11.5 Å². The predicted molar refractivity (Wildman–Crippen MR) is 102 cm³/mol. The van der Waals surface area contributed by atoms with E-state index >= 15 is 0 Å². The van der Waals surface area contributed by atoms with Crippen molar-refractivity contribution in [3.05, 3.63) is 23.8 Å². The maximum absolute atomic E-state index is 12.4. The topological polar surface area (TPSA) is 122 Å². The van der Waals surface area contributed by atoms with Crippen molar-refractivity contribution in [1.82, 2.24) is 0 Å². The van der Waals surface area contributed by atoms with Gasteiger partial charge in [-0.2, -0.15) is 0 Å². The summed E-state index contributed by atoms with van der Waals surface area (Å²) in [5.74, 6) is -1.31. The molecule has 0 bridgehead atoms. The van der Waals surface area contributed by atoms with Gasteiger partial charge in [-0.1, -0.05) is 13.0 Å². The van der Waals surface area contributed by atoms with Crippen LogP contribution in [0.3, 0.4) is 0 Å². The van der Waals surface area contributed by atoms with Crippen molar-refractivity contribution in [1.29, 1.82) is 0 Å². The Morgan fingerprint density at radius 3 is 2.04 bits per heavy atom. The van der Waals surface area contributed by atoms with E-state index in [1.165, 1.54) is 12.1 Å². The highest BCUT2D eigenvalue weighted by atomic mass is 16.6. The molecule has 0 fully saturated rings. The summed E-state index contributed by atoms with van der Waals surface area (Å²) in [6.07, 6.45) is 0.762. The van der Waals surface area contributed by atoms with Crippen molar-refractivity contribution in [3.63, 3.8) is 0 Å². The number of primary amides is 1. The first kappa shape index (κ1) is 22.6. The third-order valence-electron chi connectivity index (χ3n) is 4.28. The Labute approximate surface area is 160 Å². The largest absolute Gasteiger partial charge is 0.422 e. The van der Waals surface area contributed by atoms with Crippen LogP contribution < -0.4 is 20.9 Å². The Balaban J connectivity index is 3.22. The highest BCUT2D eigenvalue weighted by molar-refractivity contribution is 5.82. The summed E-state index contributed by atoms with van der Waals surface area (Å²) in [5, 5.41) is 0. The molecule has 7 heteroatoms. The first-order chi connectivity index (χ1) is 12.3. The number of carbonyl (C=O) groups excluding carboxylic acids is 3. The predicted octanol–water partition coefficient (Wildman–Crippen LogP) is 2.33. The van der Waals surface area contributed by atoms with Gasteiger partial charge in [-0.05, 0) is 65.2 Å². The number of amides is 1. The molecule has 0 saturated heterocycles. The summed E-state index contributed by atoms with van der Waals surface area (Å²) < 4.78 is 10.9. The number of ether oxygens (including phenoxy) is 2. The van der Waals surface area contributed by atoms with E-state index in [2.05, 4.69) is 0 Å². The lowest BCUT2D eigenvalue weighted by Crippen LogP contribution is -2.38. The van der Waals surface area contributed by atoms with Gasteiger partial charge in [-0.25, -0.2) is 0 Å². The standard InChI is InChI=1S/C20H30N2O5/c1-7-20(5,6)18(25)26-14-9-8-12(10-13(21)16(22)23)11-15(14)27-17(24)19(2,3)4/h8-9,11,13H,7,10,21H2,1-6H3,(H2,22,23). The maximum atomic E-state index is 12.4. The van der Waals surface area contributed by atoms with E-state index in [1.54, 1.807) is 40.7 Å². The molecule has 1 aromatic carbocycles. The number of hydrogen-bond donors (Lipinski definition) is 2. The van der Waals surface area contributed by atoms with Crippen LogP contribution in [0.5, 0.6) is 11.5 Å². The van der Waals surface area contributed by atoms with Crippen LogP contribution in [0.1, 0.15) is 53.5 Å². The molecule has 150 valence electrons. The molecule has 0 aliphatic rings. The summed E-state index contributed by atoms with van der Waals surface area (Å²) in [4.78, 5) is 35.9. The highest BCUT2D eigenvalue weighted by Gasteiger charge is 2.30. The fourth-order valence-electron chi connectivity index (χ4n) is 1.83. The fourth-order valence-corrected chi connectivity index (χ4v) is 1.83. The molecule has 1 amide bonds. The van der Waals surface area contributed by atoms with Crippen molar-refractivity contribution in [2.45, 2.75) is 60.4 Å². The number of esters is 2. The monoisotopic (exact) mass is 378 g/mol. The van der Waals surface area contributed by atoms with E-state index < -0.39 is 34.7 Å². The van der Waals surface area contributed by atoms with Crippen molar-refractivity contribution in [3.8, 4) is 11.5 Å². The van der Waals surface area contributed by atoms with Gasteiger partial charge in [-0.15, -0.1) is 0 Å². The third kappa shape index (κ3) is 6.36. The van der Waals surface area contributed by atoms with Gasteiger partial charge in [0.1, 0.15) is 0 Å². The summed E-state index contributed by atoms with van der Waals surface area (Å²) in [6, 6.07) is 3.84. The number of rotatable bonds is 7. The van der Waals surface area contributed by atoms with Gasteiger partial charge in [0, 0.05) is 0 Å². The van der Waals surface area contributed by atoms with Crippen molar-refractivity contribution in [2.75, 3.05) is 0 Å². The molecule has 0 heterocycles. The second-order valence-corrected chi connectivity index (χ2v) is 8.26. The average molecular weight is 378 g/mol. The molecule has 0 aromatic heterocycles. The molecule has 7 nitrogen and oxygen atoms in total. The van der Waals surface area contributed by atoms with Crippen LogP contribution in [0, 0.1) is 10.8 Å². The number of carbonyl (C=O) groups is 3. The molecule has 0 aliphatic carbocycles. The summed E-state index contributed by atoms with van der Waals surface area (Å²) in [5.41, 5.74) is 10.1. The van der Waals surface area contributed by atoms with Gasteiger partial charge in [-0.3, -0.25) is 14.4 Å². The van der Waals surface area contributed by atoms with Gasteiger partial charge in [0.2, 0.25) is 5.91 Å². The lowest BCUT2D eigenvalue weighted by molar-refractivity contribution is -0.146. The Morgan fingerprint density at radius 2 is 1.56 bits per heavy atom. The van der Waals surface area contributed by atoms with Gasteiger partial charge >= 0.3 is 11.9 Å². The summed E-state index contributed by atoms with van der Waals surface area (Å²) in [6.45, 7) is 10.6. The summed E-state index contributed by atoms with van der Waals surface area (Å²) >= 11 is 0. The van der Waals surface area contributed by atoms with E-state index in [-0.39, 0.29) is 17.9 Å². The average Bonchev–Trinajstić information content (AvgIpc) is 2.55. The number of benzene rings is 1. The van der Waals surface area contributed by atoms with Crippen molar-refractivity contribution >= 4 is 17.8 Å². The molecule has 1 unspecified atom stereocenters. The molecular formula is C20H30N2O5. The van der Waals surface area contributed by atoms with E-state index in [1.807, 2.05) is 6.92 Å². The molecule has 1 rings (SSSR count). The summed E-state index contributed by atoms with van der Waals surface area (Å²) in [7, 11) is 0. The number of hydrogen-bond acceptors (Lipinski definition) is 6. The van der Waals surface area contributed by atoms with Crippen LogP contribution in [0.25, 0.3) is 0 Å². The van der Waals surface area contributed by atoms with E-state index in [4.69, 9.17) is 20.9 Å². The minimum Gasteiger partial charge on any atom is -0.422 e. The van der Waals surface area contributed by atoms with Gasteiger partial charge in [0.25, 0.3) is 0 Å². The first-order valence-corrected chi connectivity index (χ1v) is 8.90. The Morgan fingerprint density at radius 1 is 1.00 bits per heavy atom. The van der Waals surface area contributed by atoms with Gasteiger partial charge in [0.05, 0.1) is 16.9 Å². The minimum atomic E-state index is -0.872. The number of nitrogens with two attached hydrogens (primary N) is 2. The van der Waals surface area contributed by atoms with Crippen LogP contribution in [0.15, 0.2) is 18.2 Å². The van der Waals surface area contributed by atoms with Crippen LogP contribution in [-0.4, -0.2) is 23.9 Å². The molecule has 4 N–H and O–H groups in total. The van der Waals surface area contributed by atoms with Crippen LogP contribution in [0.2, 0.25) is 0 Å². The molecule has 1 atom stereocenters. The van der Waals surface area contributed by atoms with E-state index in [0.717, 1.165) is 0 Å².